The fourth-order valence-electron chi connectivity index (χ4n) is 3.54. The molecule has 0 spiro atoms. The molecule has 1 aliphatic rings. The number of hydrogen-bond donors (Lipinski definition) is 0. The van der Waals surface area contributed by atoms with E-state index in [-0.39, 0.29) is 4.90 Å². The van der Waals surface area contributed by atoms with Crippen LogP contribution in [0, 0.1) is 6.92 Å². The maximum absolute atomic E-state index is 13.5. The van der Waals surface area contributed by atoms with Gasteiger partial charge in [0.05, 0.1) is 30.9 Å². The summed E-state index contributed by atoms with van der Waals surface area (Å²) in [5.41, 5.74) is 3.35. The minimum atomic E-state index is -3.87. The van der Waals surface area contributed by atoms with E-state index >= 15 is 0 Å². The number of sulfonamides is 1. The molecule has 0 saturated carbocycles. The van der Waals surface area contributed by atoms with Crippen molar-refractivity contribution in [2.45, 2.75) is 24.3 Å². The van der Waals surface area contributed by atoms with Gasteiger partial charge in [-0.15, -0.1) is 0 Å². The smallest absolute Gasteiger partial charge is 0.279 e. The fraction of sp³-hybridized carbons (Fsp3) is 0.227. The van der Waals surface area contributed by atoms with E-state index in [1.807, 2.05) is 35.9 Å². The number of methoxy groups -OCH3 is 2. The highest BCUT2D eigenvalue weighted by Crippen LogP contribution is 2.43. The lowest BCUT2D eigenvalue weighted by Crippen LogP contribution is -2.27. The maximum Gasteiger partial charge on any atom is 0.279 e. The number of para-hydroxylation sites is 1. The van der Waals surface area contributed by atoms with Crippen molar-refractivity contribution in [2.24, 2.45) is 5.10 Å². The largest absolute Gasteiger partial charge is 0.493 e. The van der Waals surface area contributed by atoms with Gasteiger partial charge in [0.15, 0.2) is 11.5 Å². The van der Waals surface area contributed by atoms with Crippen molar-refractivity contribution in [2.75, 3.05) is 14.2 Å². The first kappa shape index (κ1) is 20.4. The van der Waals surface area contributed by atoms with Gasteiger partial charge in [-0.2, -0.15) is 29.3 Å². The Morgan fingerprint density at radius 2 is 1.83 bits per heavy atom. The van der Waals surface area contributed by atoms with Gasteiger partial charge in [0, 0.05) is 17.5 Å². The molecule has 1 aliphatic heterocycles. The molecule has 0 bridgehead atoms. The molecule has 0 amide bonds. The Balaban J connectivity index is 1.85. The van der Waals surface area contributed by atoms with E-state index < -0.39 is 16.1 Å². The van der Waals surface area contributed by atoms with Gasteiger partial charge < -0.3 is 9.47 Å². The van der Waals surface area contributed by atoms with Crippen LogP contribution in [0.3, 0.4) is 0 Å². The number of hydrogen-bond acceptors (Lipinski definition) is 6. The first-order chi connectivity index (χ1) is 14.5. The lowest BCUT2D eigenvalue weighted by Gasteiger charge is -2.25. The Morgan fingerprint density at radius 3 is 2.47 bits per heavy atom. The molecule has 2 aromatic carbocycles. The molecule has 1 atom stereocenters. The van der Waals surface area contributed by atoms with Crippen molar-refractivity contribution in [3.05, 3.63) is 76.0 Å². The Kier molecular flexibility index (Phi) is 5.53. The second kappa shape index (κ2) is 8.12. The maximum atomic E-state index is 13.5. The molecule has 0 radical (unpaired) electrons. The number of nitrogens with zero attached hydrogens (tertiary/aromatic N) is 2. The van der Waals surface area contributed by atoms with Gasteiger partial charge in [0.1, 0.15) is 0 Å². The van der Waals surface area contributed by atoms with Gasteiger partial charge in [-0.25, -0.2) is 0 Å². The van der Waals surface area contributed by atoms with Crippen LogP contribution < -0.4 is 9.47 Å². The summed E-state index contributed by atoms with van der Waals surface area (Å²) in [6.45, 7) is 1.92. The minimum Gasteiger partial charge on any atom is -0.493 e. The van der Waals surface area contributed by atoms with Crippen molar-refractivity contribution in [3.63, 3.8) is 0 Å². The number of thiophene rings is 1. The third-order valence-corrected chi connectivity index (χ3v) is 7.46. The molecule has 0 unspecified atom stereocenters. The molecule has 1 aromatic heterocycles. The summed E-state index contributed by atoms with van der Waals surface area (Å²) in [4.78, 5) is 0.204. The molecule has 3 aromatic rings. The van der Waals surface area contributed by atoms with Crippen LogP contribution in [0.5, 0.6) is 11.5 Å². The van der Waals surface area contributed by atoms with E-state index in [0.717, 1.165) is 16.8 Å². The minimum absolute atomic E-state index is 0.204. The fourth-order valence-corrected chi connectivity index (χ4v) is 5.63. The summed E-state index contributed by atoms with van der Waals surface area (Å²) in [5, 5.41) is 8.49. The van der Waals surface area contributed by atoms with Gasteiger partial charge in [0.25, 0.3) is 10.0 Å². The van der Waals surface area contributed by atoms with E-state index in [1.165, 1.54) is 4.41 Å². The van der Waals surface area contributed by atoms with Crippen molar-refractivity contribution in [3.8, 4) is 11.5 Å². The number of hydrazone groups is 1. The normalized spacial score (nSPS) is 16.4. The van der Waals surface area contributed by atoms with Crippen LogP contribution in [0.25, 0.3) is 0 Å². The lowest BCUT2D eigenvalue weighted by atomic mass is 9.99. The molecule has 0 aliphatic carbocycles. The quantitative estimate of drug-likeness (QED) is 0.559. The average Bonchev–Trinajstić information content (AvgIpc) is 3.43. The number of ether oxygens (including phenoxy) is 2. The molecule has 2 heterocycles. The van der Waals surface area contributed by atoms with E-state index in [2.05, 4.69) is 5.10 Å². The van der Waals surface area contributed by atoms with E-state index in [1.54, 1.807) is 55.9 Å². The molecule has 0 saturated heterocycles. The first-order valence-corrected chi connectivity index (χ1v) is 11.8. The predicted octanol–water partition coefficient (Wildman–Crippen LogP) is 4.61. The Labute approximate surface area is 180 Å². The summed E-state index contributed by atoms with van der Waals surface area (Å²) in [5.74, 6) is 1.06. The average molecular weight is 443 g/mol. The first-order valence-electron chi connectivity index (χ1n) is 9.37. The zero-order valence-corrected chi connectivity index (χ0v) is 18.5. The van der Waals surface area contributed by atoms with E-state index in [9.17, 15) is 8.42 Å². The summed E-state index contributed by atoms with van der Waals surface area (Å²) in [7, 11) is -0.757. The van der Waals surface area contributed by atoms with Crippen molar-refractivity contribution < 1.29 is 17.9 Å². The number of benzene rings is 2. The molecular formula is C22H22N2O4S2. The summed E-state index contributed by atoms with van der Waals surface area (Å²) in [6.07, 6.45) is 0.436. The molecule has 156 valence electrons. The predicted molar refractivity (Wildman–Crippen MR) is 118 cm³/mol. The van der Waals surface area contributed by atoms with Crippen LogP contribution in [-0.4, -0.2) is 32.8 Å². The summed E-state index contributed by atoms with van der Waals surface area (Å²) < 4.78 is 39.3. The number of rotatable bonds is 6. The Morgan fingerprint density at radius 1 is 1.07 bits per heavy atom. The van der Waals surface area contributed by atoms with Crippen molar-refractivity contribution in [1.29, 1.82) is 0 Å². The van der Waals surface area contributed by atoms with Gasteiger partial charge in [-0.05, 0) is 41.9 Å². The van der Waals surface area contributed by atoms with E-state index in [0.29, 0.717) is 23.5 Å². The zero-order valence-electron chi connectivity index (χ0n) is 16.9. The van der Waals surface area contributed by atoms with Crippen LogP contribution in [0.15, 0.2) is 69.3 Å². The lowest BCUT2D eigenvalue weighted by molar-refractivity contribution is 0.328. The number of aryl methyl sites for hydroxylation is 1. The highest BCUT2D eigenvalue weighted by Gasteiger charge is 2.39. The third-order valence-electron chi connectivity index (χ3n) is 5.08. The summed E-state index contributed by atoms with van der Waals surface area (Å²) in [6, 6.07) is 13.7. The Hall–Kier alpha value is -2.84. The molecule has 6 nitrogen and oxygen atoms in total. The molecule has 30 heavy (non-hydrogen) atoms. The van der Waals surface area contributed by atoms with Crippen LogP contribution >= 0.6 is 11.3 Å². The van der Waals surface area contributed by atoms with Gasteiger partial charge in [-0.1, -0.05) is 29.8 Å². The van der Waals surface area contributed by atoms with E-state index in [4.69, 9.17) is 9.47 Å². The van der Waals surface area contributed by atoms with Gasteiger partial charge >= 0.3 is 0 Å². The van der Waals surface area contributed by atoms with Crippen LogP contribution in [0.1, 0.15) is 29.2 Å². The third kappa shape index (κ3) is 3.57. The topological polar surface area (TPSA) is 68.2 Å². The van der Waals surface area contributed by atoms with Crippen molar-refractivity contribution >= 4 is 27.1 Å². The molecule has 8 heteroatoms. The SMILES string of the molecule is COc1cccc([C@@H]2CC(c3ccsc3)=NN2S(=O)(=O)c2ccc(C)cc2)c1OC. The zero-order chi connectivity index (χ0) is 21.3. The second-order valence-corrected chi connectivity index (χ2v) is 9.53. The highest BCUT2D eigenvalue weighted by atomic mass is 32.2. The Bertz CT molecular complexity index is 1170. The standard InChI is InChI=1S/C22H22N2O4S2/c1-15-7-9-17(10-8-15)30(25,26)24-20(13-19(23-24)16-11-12-29-14-16)18-5-4-6-21(27-2)22(18)28-3/h4-12,14,20H,13H2,1-3H3/t20-/m0/s1. The van der Waals surface area contributed by atoms with Crippen LogP contribution in [0.2, 0.25) is 0 Å². The molecular weight excluding hydrogens is 420 g/mol. The van der Waals surface area contributed by atoms with Gasteiger partial charge in [-0.3, -0.25) is 0 Å². The monoisotopic (exact) mass is 442 g/mol. The molecule has 0 fully saturated rings. The highest BCUT2D eigenvalue weighted by molar-refractivity contribution is 7.89. The van der Waals surface area contributed by atoms with Crippen LogP contribution in [0.4, 0.5) is 0 Å². The van der Waals surface area contributed by atoms with Gasteiger partial charge in [0.2, 0.25) is 0 Å². The molecule has 4 rings (SSSR count). The van der Waals surface area contributed by atoms with Crippen molar-refractivity contribution in [1.82, 2.24) is 4.41 Å². The van der Waals surface area contributed by atoms with Crippen LogP contribution in [-0.2, 0) is 10.0 Å². The molecule has 0 N–H and O–H groups in total. The second-order valence-electron chi connectivity index (χ2n) is 6.95. The summed E-state index contributed by atoms with van der Waals surface area (Å²) >= 11 is 1.55.